The molecule has 1 saturated carbocycles. The van der Waals surface area contributed by atoms with Gasteiger partial charge in [0.05, 0.1) is 15.6 Å². The van der Waals surface area contributed by atoms with E-state index in [0.717, 1.165) is 29.5 Å². The first-order valence-electron chi connectivity index (χ1n) is 6.62. The van der Waals surface area contributed by atoms with Crippen molar-refractivity contribution in [2.24, 2.45) is 11.1 Å². The third-order valence-electron chi connectivity index (χ3n) is 4.12. The maximum atomic E-state index is 12.4. The maximum absolute atomic E-state index is 12.4. The van der Waals surface area contributed by atoms with Gasteiger partial charge in [0.2, 0.25) is 5.91 Å². The third-order valence-corrected chi connectivity index (χ3v) is 5.29. The summed E-state index contributed by atoms with van der Waals surface area (Å²) in [7, 11) is 0. The van der Waals surface area contributed by atoms with Gasteiger partial charge in [-0.1, -0.05) is 29.4 Å². The van der Waals surface area contributed by atoms with E-state index in [1.54, 1.807) is 6.07 Å². The van der Waals surface area contributed by atoms with Crippen molar-refractivity contribution < 1.29 is 4.79 Å². The number of carbonyl (C=O) groups excluding carboxylic acids is 1. The molecule has 1 aromatic carbocycles. The molecule has 3 rings (SSSR count). The normalized spacial score (nSPS) is 26.1. The highest BCUT2D eigenvalue weighted by molar-refractivity contribution is 7.22. The Morgan fingerprint density at radius 2 is 2.40 bits per heavy atom. The molecule has 0 spiro atoms. The summed E-state index contributed by atoms with van der Waals surface area (Å²) < 4.78 is 0.966. The average molecular weight is 310 g/mol. The molecule has 4 nitrogen and oxygen atoms in total. The first-order chi connectivity index (χ1) is 9.49. The second-order valence-corrected chi connectivity index (χ2v) is 6.97. The van der Waals surface area contributed by atoms with Crippen LogP contribution in [-0.2, 0) is 4.79 Å². The molecule has 0 bridgehead atoms. The summed E-state index contributed by atoms with van der Waals surface area (Å²) in [5.41, 5.74) is 6.42. The van der Waals surface area contributed by atoms with E-state index in [9.17, 15) is 4.79 Å². The van der Waals surface area contributed by atoms with Gasteiger partial charge < -0.3 is 11.1 Å². The number of halogens is 1. The van der Waals surface area contributed by atoms with Crippen LogP contribution in [0.2, 0.25) is 5.02 Å². The maximum Gasteiger partial charge on any atom is 0.233 e. The van der Waals surface area contributed by atoms with Crippen molar-refractivity contribution in [2.45, 2.75) is 32.2 Å². The van der Waals surface area contributed by atoms with Gasteiger partial charge in [0.25, 0.3) is 0 Å². The Morgan fingerprint density at radius 1 is 1.60 bits per heavy atom. The molecule has 6 heteroatoms. The zero-order valence-corrected chi connectivity index (χ0v) is 12.7. The van der Waals surface area contributed by atoms with E-state index in [1.807, 2.05) is 19.1 Å². The molecule has 2 unspecified atom stereocenters. The minimum Gasteiger partial charge on any atom is -0.327 e. The Balaban J connectivity index is 1.84. The number of amides is 1. The van der Waals surface area contributed by atoms with E-state index in [0.29, 0.717) is 10.2 Å². The first-order valence-corrected chi connectivity index (χ1v) is 7.81. The monoisotopic (exact) mass is 309 g/mol. The van der Waals surface area contributed by atoms with Gasteiger partial charge in [-0.25, -0.2) is 4.98 Å². The zero-order valence-electron chi connectivity index (χ0n) is 11.1. The number of nitrogens with two attached hydrogens (primary N) is 1. The molecule has 3 N–H and O–H groups in total. The van der Waals surface area contributed by atoms with Crippen LogP contribution in [0.4, 0.5) is 5.13 Å². The topological polar surface area (TPSA) is 68.0 Å². The minimum absolute atomic E-state index is 0.0346. The highest BCUT2D eigenvalue weighted by Gasteiger charge is 2.43. The lowest BCUT2D eigenvalue weighted by Crippen LogP contribution is -2.44. The summed E-state index contributed by atoms with van der Waals surface area (Å²) in [6.07, 6.45) is 2.73. The lowest BCUT2D eigenvalue weighted by molar-refractivity contribution is -0.125. The Kier molecular flexibility index (Phi) is 3.44. The number of aromatic nitrogens is 1. The van der Waals surface area contributed by atoms with E-state index in [2.05, 4.69) is 10.3 Å². The lowest BCUT2D eigenvalue weighted by atomic mass is 9.84. The van der Waals surface area contributed by atoms with Crippen molar-refractivity contribution in [1.82, 2.24) is 4.98 Å². The number of fused-ring (bicyclic) bond motifs is 1. The predicted molar refractivity (Wildman–Crippen MR) is 83.2 cm³/mol. The quantitative estimate of drug-likeness (QED) is 0.893. The number of thiazole rings is 1. The van der Waals surface area contributed by atoms with Crippen LogP contribution in [0.1, 0.15) is 26.2 Å². The van der Waals surface area contributed by atoms with Crippen molar-refractivity contribution in [2.75, 3.05) is 5.32 Å². The third kappa shape index (κ3) is 2.30. The molecule has 2 aromatic rings. The van der Waals surface area contributed by atoms with Gasteiger partial charge in [0, 0.05) is 11.1 Å². The molecular formula is C14H16ClN3OS. The van der Waals surface area contributed by atoms with Crippen LogP contribution in [0.3, 0.4) is 0 Å². The number of benzene rings is 1. The second-order valence-electron chi connectivity index (χ2n) is 5.50. The number of nitrogens with zero attached hydrogens (tertiary/aromatic N) is 1. The van der Waals surface area contributed by atoms with E-state index < -0.39 is 5.41 Å². The number of anilines is 1. The molecule has 0 radical (unpaired) electrons. The molecule has 1 aromatic heterocycles. The summed E-state index contributed by atoms with van der Waals surface area (Å²) >= 11 is 7.38. The Morgan fingerprint density at radius 3 is 3.10 bits per heavy atom. The van der Waals surface area contributed by atoms with E-state index >= 15 is 0 Å². The van der Waals surface area contributed by atoms with Crippen molar-refractivity contribution in [1.29, 1.82) is 0 Å². The largest absolute Gasteiger partial charge is 0.327 e. The molecule has 106 valence electrons. The summed E-state index contributed by atoms with van der Waals surface area (Å²) in [5, 5.41) is 4.18. The van der Waals surface area contributed by atoms with Crippen molar-refractivity contribution in [3.05, 3.63) is 23.2 Å². The van der Waals surface area contributed by atoms with Crippen molar-refractivity contribution in [3.8, 4) is 0 Å². The second kappa shape index (κ2) is 4.98. The number of carbonyl (C=O) groups is 1. The van der Waals surface area contributed by atoms with E-state index in [4.69, 9.17) is 17.3 Å². The summed E-state index contributed by atoms with van der Waals surface area (Å²) in [5.74, 6) is -0.0346. The summed E-state index contributed by atoms with van der Waals surface area (Å²) in [4.78, 5) is 16.8. The average Bonchev–Trinajstić information content (AvgIpc) is 2.94. The fourth-order valence-corrected chi connectivity index (χ4v) is 3.80. The number of nitrogens with one attached hydrogen (secondary N) is 1. The van der Waals surface area contributed by atoms with E-state index in [-0.39, 0.29) is 11.9 Å². The van der Waals surface area contributed by atoms with Crippen LogP contribution in [0.5, 0.6) is 0 Å². The van der Waals surface area contributed by atoms with Crippen LogP contribution in [0, 0.1) is 5.41 Å². The minimum atomic E-state index is -0.491. The Bertz CT molecular complexity index is 671. The number of hydrogen-bond donors (Lipinski definition) is 2. The van der Waals surface area contributed by atoms with Gasteiger partial charge >= 0.3 is 0 Å². The van der Waals surface area contributed by atoms with Gasteiger partial charge in [-0.15, -0.1) is 0 Å². The zero-order chi connectivity index (χ0) is 14.3. The van der Waals surface area contributed by atoms with Crippen molar-refractivity contribution >= 4 is 44.2 Å². The summed E-state index contributed by atoms with van der Waals surface area (Å²) in [6.45, 7) is 1.93. The van der Waals surface area contributed by atoms with Crippen LogP contribution in [-0.4, -0.2) is 16.9 Å². The SMILES string of the molecule is CC1(C(=O)Nc2nc3ccc(Cl)cc3s2)CCCC1N. The standard InChI is InChI=1S/C14H16ClN3OS/c1-14(6-2-3-11(14)16)12(19)18-13-17-9-5-4-8(15)7-10(9)20-13/h4-5,7,11H,2-3,6,16H2,1H3,(H,17,18,19). The molecule has 1 aliphatic carbocycles. The molecule has 0 saturated heterocycles. The smallest absolute Gasteiger partial charge is 0.233 e. The molecule has 1 heterocycles. The number of rotatable bonds is 2. The number of hydrogen-bond acceptors (Lipinski definition) is 4. The molecule has 1 fully saturated rings. The molecular weight excluding hydrogens is 294 g/mol. The van der Waals surface area contributed by atoms with Crippen LogP contribution >= 0.6 is 22.9 Å². The van der Waals surface area contributed by atoms with Gasteiger partial charge in [-0.2, -0.15) is 0 Å². The molecule has 1 aliphatic rings. The van der Waals surface area contributed by atoms with Gasteiger partial charge in [-0.05, 0) is 38.0 Å². The van der Waals surface area contributed by atoms with Crippen LogP contribution in [0.25, 0.3) is 10.2 Å². The van der Waals surface area contributed by atoms with Gasteiger partial charge in [-0.3, -0.25) is 4.79 Å². The van der Waals surface area contributed by atoms with Gasteiger partial charge in [0.1, 0.15) is 0 Å². The van der Waals surface area contributed by atoms with E-state index in [1.165, 1.54) is 11.3 Å². The van der Waals surface area contributed by atoms with Crippen LogP contribution < -0.4 is 11.1 Å². The fraction of sp³-hybridized carbons (Fsp3) is 0.429. The molecule has 2 atom stereocenters. The first kappa shape index (κ1) is 13.8. The van der Waals surface area contributed by atoms with Crippen LogP contribution in [0.15, 0.2) is 18.2 Å². The molecule has 20 heavy (non-hydrogen) atoms. The summed E-state index contributed by atoms with van der Waals surface area (Å²) in [6, 6.07) is 5.43. The Hall–Kier alpha value is -1.17. The Labute approximate surface area is 126 Å². The van der Waals surface area contributed by atoms with Crippen molar-refractivity contribution in [3.63, 3.8) is 0 Å². The highest BCUT2D eigenvalue weighted by Crippen LogP contribution is 2.38. The lowest BCUT2D eigenvalue weighted by Gasteiger charge is -2.26. The fourth-order valence-electron chi connectivity index (χ4n) is 2.67. The molecule has 0 aliphatic heterocycles. The molecule has 1 amide bonds. The highest BCUT2D eigenvalue weighted by atomic mass is 35.5. The van der Waals surface area contributed by atoms with Gasteiger partial charge in [0.15, 0.2) is 5.13 Å². The predicted octanol–water partition coefficient (Wildman–Crippen LogP) is 3.41.